The summed E-state index contributed by atoms with van der Waals surface area (Å²) in [5, 5.41) is 8.71. The zero-order valence-electron chi connectivity index (χ0n) is 5.76. The Labute approximate surface area is 63.9 Å². The van der Waals surface area contributed by atoms with Gasteiger partial charge in [-0.1, -0.05) is 0 Å². The lowest BCUT2D eigenvalue weighted by Crippen LogP contribution is -2.26. The van der Waals surface area contributed by atoms with Crippen LogP contribution in [0.5, 0.6) is 0 Å². The maximum Gasteiger partial charge on any atom is 0.297 e. The van der Waals surface area contributed by atoms with Crippen LogP contribution in [0.25, 0.3) is 0 Å². The van der Waals surface area contributed by atoms with E-state index in [2.05, 4.69) is 8.92 Å². The second-order valence-electron chi connectivity index (χ2n) is 1.54. The van der Waals surface area contributed by atoms with E-state index in [1.54, 1.807) is 0 Å². The van der Waals surface area contributed by atoms with Gasteiger partial charge in [0.15, 0.2) is 0 Å². The van der Waals surface area contributed by atoms with Crippen molar-refractivity contribution in [3.05, 3.63) is 0 Å². The minimum Gasteiger partial charge on any atom is -0.464 e. The van der Waals surface area contributed by atoms with Crippen molar-refractivity contribution in [2.24, 2.45) is 0 Å². The lowest BCUT2D eigenvalue weighted by molar-refractivity contribution is -0.130. The molecule has 0 saturated carbocycles. The van der Waals surface area contributed by atoms with Crippen LogP contribution < -0.4 is 0 Å². The molecular formula is C4H8O6S. The molecule has 0 aliphatic rings. The highest BCUT2D eigenvalue weighted by atomic mass is 32.2. The van der Waals surface area contributed by atoms with Crippen LogP contribution in [-0.2, 0) is 23.8 Å². The first kappa shape index (κ1) is 10.3. The lowest BCUT2D eigenvalue weighted by Gasteiger charge is -2.07. The summed E-state index contributed by atoms with van der Waals surface area (Å²) in [7, 11) is -3.10. The number of aliphatic hydroxyl groups is 1. The van der Waals surface area contributed by atoms with Crippen molar-refractivity contribution in [1.29, 1.82) is 0 Å². The van der Waals surface area contributed by atoms with Gasteiger partial charge in [0.1, 0.15) is 6.61 Å². The van der Waals surface area contributed by atoms with Gasteiger partial charge in [0.05, 0.1) is 7.11 Å². The normalized spacial score (nSPS) is 14.0. The Kier molecular flexibility index (Phi) is 4.01. The van der Waals surface area contributed by atoms with Crippen LogP contribution in [0, 0.1) is 0 Å². The molecule has 0 fully saturated rings. The molecule has 11 heavy (non-hydrogen) atoms. The topological polar surface area (TPSA) is 89.9 Å². The van der Waals surface area contributed by atoms with Crippen molar-refractivity contribution in [2.45, 2.75) is 5.44 Å². The minimum atomic E-state index is -4.00. The van der Waals surface area contributed by atoms with Gasteiger partial charge < -0.3 is 9.84 Å². The van der Waals surface area contributed by atoms with Crippen molar-refractivity contribution >= 4 is 16.6 Å². The smallest absolute Gasteiger partial charge is 0.297 e. The summed E-state index contributed by atoms with van der Waals surface area (Å²) in [4.78, 5) is 9.56. The summed E-state index contributed by atoms with van der Waals surface area (Å²) in [6.07, 6.45) is 0. The molecule has 0 bridgehead atoms. The Hall–Kier alpha value is -0.660. The Morgan fingerprint density at radius 3 is 2.55 bits per heavy atom. The molecule has 0 aliphatic heterocycles. The summed E-state index contributed by atoms with van der Waals surface area (Å²) in [5.41, 5.74) is -1.82. The average Bonchev–Trinajstić information content (AvgIpc) is 2.00. The Morgan fingerprint density at radius 1 is 1.64 bits per heavy atom. The standard InChI is InChI=1S/C4H8O6S/c1-9-11(7,8)4(6)2-10-3-5/h3-4,6H,2H2,1H3. The van der Waals surface area contributed by atoms with Gasteiger partial charge in [-0.3, -0.25) is 8.98 Å². The van der Waals surface area contributed by atoms with Gasteiger partial charge in [0.2, 0.25) is 5.44 Å². The fourth-order valence-electron chi connectivity index (χ4n) is 0.316. The van der Waals surface area contributed by atoms with Gasteiger partial charge in [0.25, 0.3) is 16.6 Å². The SMILES string of the molecule is COS(=O)(=O)C(O)COC=O. The van der Waals surface area contributed by atoms with Gasteiger partial charge in [0, 0.05) is 0 Å². The van der Waals surface area contributed by atoms with Crippen LogP contribution in [0.3, 0.4) is 0 Å². The van der Waals surface area contributed by atoms with Crippen LogP contribution in [0.4, 0.5) is 0 Å². The van der Waals surface area contributed by atoms with Crippen molar-refractivity contribution in [1.82, 2.24) is 0 Å². The third kappa shape index (κ3) is 3.30. The molecule has 0 spiro atoms. The molecule has 6 nitrogen and oxygen atoms in total. The highest BCUT2D eigenvalue weighted by molar-refractivity contribution is 7.87. The van der Waals surface area contributed by atoms with Gasteiger partial charge >= 0.3 is 0 Å². The predicted molar refractivity (Wildman–Crippen MR) is 34.0 cm³/mol. The summed E-state index contributed by atoms with van der Waals surface area (Å²) in [6.45, 7) is -0.589. The van der Waals surface area contributed by atoms with E-state index in [1.807, 2.05) is 0 Å². The maximum absolute atomic E-state index is 10.5. The molecule has 0 heterocycles. The van der Waals surface area contributed by atoms with Crippen molar-refractivity contribution < 1.29 is 27.2 Å². The number of aliphatic hydroxyl groups excluding tert-OH is 1. The van der Waals surface area contributed by atoms with Gasteiger partial charge in [-0.05, 0) is 0 Å². The Balaban J connectivity index is 4.02. The quantitative estimate of drug-likeness (QED) is 0.411. The van der Waals surface area contributed by atoms with Crippen LogP contribution in [0.2, 0.25) is 0 Å². The third-order valence-corrected chi connectivity index (χ3v) is 2.14. The monoisotopic (exact) mass is 184 g/mol. The maximum atomic E-state index is 10.5. The van der Waals surface area contributed by atoms with Gasteiger partial charge in [-0.15, -0.1) is 0 Å². The Morgan fingerprint density at radius 2 is 2.18 bits per heavy atom. The predicted octanol–water partition coefficient (Wildman–Crippen LogP) is -1.55. The molecule has 1 atom stereocenters. The summed E-state index contributed by atoms with van der Waals surface area (Å²) in [5.74, 6) is 0. The Bertz CT molecular complexity index is 207. The molecule has 0 aromatic rings. The first-order valence-electron chi connectivity index (χ1n) is 2.57. The van der Waals surface area contributed by atoms with E-state index in [4.69, 9.17) is 5.11 Å². The minimum absolute atomic E-state index is 0.0361. The molecule has 0 radical (unpaired) electrons. The van der Waals surface area contributed by atoms with Crippen molar-refractivity contribution in [3.63, 3.8) is 0 Å². The zero-order chi connectivity index (χ0) is 8.91. The fraction of sp³-hybridized carbons (Fsp3) is 0.750. The summed E-state index contributed by atoms with van der Waals surface area (Å²) >= 11 is 0. The highest BCUT2D eigenvalue weighted by Crippen LogP contribution is 1.98. The molecule has 0 aromatic heterocycles. The molecule has 1 unspecified atom stereocenters. The summed E-state index contributed by atoms with van der Waals surface area (Å²) in [6, 6.07) is 0. The number of hydrogen-bond acceptors (Lipinski definition) is 6. The van der Waals surface area contributed by atoms with Crippen molar-refractivity contribution in [3.8, 4) is 0 Å². The molecule has 66 valence electrons. The van der Waals surface area contributed by atoms with E-state index in [0.29, 0.717) is 0 Å². The van der Waals surface area contributed by atoms with Crippen LogP contribution in [0.1, 0.15) is 0 Å². The number of carbonyl (C=O) groups excluding carboxylic acids is 1. The largest absolute Gasteiger partial charge is 0.464 e. The fourth-order valence-corrected chi connectivity index (χ4v) is 0.783. The first-order valence-corrected chi connectivity index (χ1v) is 4.04. The van der Waals surface area contributed by atoms with E-state index < -0.39 is 22.2 Å². The molecular weight excluding hydrogens is 176 g/mol. The zero-order valence-corrected chi connectivity index (χ0v) is 6.58. The lowest BCUT2D eigenvalue weighted by atomic mass is 10.8. The number of rotatable bonds is 5. The van der Waals surface area contributed by atoms with Crippen molar-refractivity contribution in [2.75, 3.05) is 13.7 Å². The number of hydrogen-bond donors (Lipinski definition) is 1. The number of carbonyl (C=O) groups is 1. The van der Waals surface area contributed by atoms with E-state index in [-0.39, 0.29) is 6.47 Å². The average molecular weight is 184 g/mol. The highest BCUT2D eigenvalue weighted by Gasteiger charge is 2.22. The van der Waals surface area contributed by atoms with E-state index in [1.165, 1.54) is 0 Å². The van der Waals surface area contributed by atoms with E-state index in [0.717, 1.165) is 7.11 Å². The second kappa shape index (κ2) is 4.27. The molecule has 0 aromatic carbocycles. The first-order chi connectivity index (χ1) is 5.04. The van der Waals surface area contributed by atoms with E-state index in [9.17, 15) is 13.2 Å². The van der Waals surface area contributed by atoms with Crippen LogP contribution in [-0.4, -0.2) is 39.1 Å². The van der Waals surface area contributed by atoms with Crippen LogP contribution in [0.15, 0.2) is 0 Å². The van der Waals surface area contributed by atoms with Crippen LogP contribution >= 0.6 is 0 Å². The van der Waals surface area contributed by atoms with Gasteiger partial charge in [-0.2, -0.15) is 8.42 Å². The van der Waals surface area contributed by atoms with Gasteiger partial charge in [-0.25, -0.2) is 0 Å². The molecule has 7 heteroatoms. The molecule has 0 amide bonds. The summed E-state index contributed by atoms with van der Waals surface area (Å²) < 4.78 is 29.0. The molecule has 0 saturated heterocycles. The molecule has 0 rings (SSSR count). The van der Waals surface area contributed by atoms with E-state index >= 15 is 0 Å². The molecule has 1 N–H and O–H groups in total. The molecule has 0 aliphatic carbocycles. The number of ether oxygens (including phenoxy) is 1. The third-order valence-electron chi connectivity index (χ3n) is 0.872. The second-order valence-corrected chi connectivity index (χ2v) is 3.41.